The van der Waals surface area contributed by atoms with Crippen LogP contribution in [0.2, 0.25) is 0 Å². The highest BCUT2D eigenvalue weighted by Crippen LogP contribution is 2.43. The van der Waals surface area contributed by atoms with E-state index in [1.165, 1.54) is 12.1 Å². The molecule has 0 fully saturated rings. The molecule has 0 aliphatic heterocycles. The first-order chi connectivity index (χ1) is 8.75. The standard InChI is InChI=1S/C8H11N2O7PS/c1-16-18(13,17-2)9-19(14,15)8-6-4-3-5-7(8)10(11)12/h3-6H,1-2H3,(H,9,13). The third kappa shape index (κ3) is 3.58. The van der Waals surface area contributed by atoms with Crippen molar-refractivity contribution < 1.29 is 27.0 Å². The predicted octanol–water partition coefficient (Wildman–Crippen LogP) is 1.27. The molecule has 0 aromatic heterocycles. The third-order valence-corrected chi connectivity index (χ3v) is 5.81. The zero-order chi connectivity index (χ0) is 14.7. The number of hydrogen-bond acceptors (Lipinski definition) is 7. The first-order valence-corrected chi connectivity index (χ1v) is 7.77. The smallest absolute Gasteiger partial charge is 0.299 e. The van der Waals surface area contributed by atoms with Gasteiger partial charge in [0.15, 0.2) is 4.90 Å². The maximum absolute atomic E-state index is 11.9. The van der Waals surface area contributed by atoms with Crippen LogP contribution in [0.25, 0.3) is 0 Å². The van der Waals surface area contributed by atoms with Gasteiger partial charge in [-0.2, -0.15) is 0 Å². The molecule has 19 heavy (non-hydrogen) atoms. The highest BCUT2D eigenvalue weighted by molar-refractivity contribution is 7.94. The van der Waals surface area contributed by atoms with Crippen molar-refractivity contribution in [2.45, 2.75) is 4.90 Å². The van der Waals surface area contributed by atoms with Crippen molar-refractivity contribution in [2.75, 3.05) is 14.2 Å². The van der Waals surface area contributed by atoms with E-state index in [1.807, 2.05) is 0 Å². The Labute approximate surface area is 109 Å². The molecular weight excluding hydrogens is 299 g/mol. The number of rotatable bonds is 6. The van der Waals surface area contributed by atoms with Gasteiger partial charge < -0.3 is 0 Å². The Kier molecular flexibility index (Phi) is 4.77. The van der Waals surface area contributed by atoms with Gasteiger partial charge in [0.1, 0.15) is 0 Å². The van der Waals surface area contributed by atoms with Crippen molar-refractivity contribution in [1.29, 1.82) is 0 Å². The molecule has 1 N–H and O–H groups in total. The second-order valence-electron chi connectivity index (χ2n) is 3.18. The van der Waals surface area contributed by atoms with Crippen molar-refractivity contribution in [2.24, 2.45) is 0 Å². The number of para-hydroxylation sites is 1. The van der Waals surface area contributed by atoms with Gasteiger partial charge in [-0.25, -0.2) is 13.0 Å². The van der Waals surface area contributed by atoms with E-state index in [2.05, 4.69) is 9.05 Å². The number of nitrogens with one attached hydrogen (secondary N) is 1. The van der Waals surface area contributed by atoms with E-state index in [0.29, 0.717) is 0 Å². The molecule has 0 aliphatic rings. The zero-order valence-electron chi connectivity index (χ0n) is 9.97. The number of benzene rings is 1. The average Bonchev–Trinajstić information content (AvgIpc) is 2.38. The van der Waals surface area contributed by atoms with Crippen LogP contribution in [0.1, 0.15) is 0 Å². The minimum atomic E-state index is -4.42. The van der Waals surface area contributed by atoms with Gasteiger partial charge in [0.25, 0.3) is 15.7 Å². The summed E-state index contributed by atoms with van der Waals surface area (Å²) in [6, 6.07) is 4.63. The summed E-state index contributed by atoms with van der Waals surface area (Å²) in [7, 11) is -6.54. The van der Waals surface area contributed by atoms with Crippen LogP contribution in [0.5, 0.6) is 0 Å². The molecule has 0 saturated carbocycles. The van der Waals surface area contributed by atoms with Crippen molar-refractivity contribution in [3.63, 3.8) is 0 Å². The molecule has 1 aromatic carbocycles. The van der Waals surface area contributed by atoms with Crippen LogP contribution in [0.15, 0.2) is 29.2 Å². The van der Waals surface area contributed by atoms with Crippen LogP contribution in [-0.2, 0) is 23.6 Å². The van der Waals surface area contributed by atoms with Gasteiger partial charge in [-0.3, -0.25) is 19.2 Å². The molecule has 0 bridgehead atoms. The maximum Gasteiger partial charge on any atom is 0.418 e. The van der Waals surface area contributed by atoms with Gasteiger partial charge in [0.2, 0.25) is 0 Å². The highest BCUT2D eigenvalue weighted by atomic mass is 32.2. The lowest BCUT2D eigenvalue weighted by Crippen LogP contribution is -2.23. The van der Waals surface area contributed by atoms with Crippen molar-refractivity contribution in [3.05, 3.63) is 34.4 Å². The second-order valence-corrected chi connectivity index (χ2v) is 7.08. The van der Waals surface area contributed by atoms with Crippen molar-refractivity contribution in [3.8, 4) is 0 Å². The van der Waals surface area contributed by atoms with E-state index in [4.69, 9.17) is 0 Å². The molecule has 9 nitrogen and oxygen atoms in total. The fourth-order valence-corrected chi connectivity index (χ4v) is 4.17. The van der Waals surface area contributed by atoms with Gasteiger partial charge in [0, 0.05) is 20.3 Å². The Bertz CT molecular complexity index is 622. The average molecular weight is 310 g/mol. The van der Waals surface area contributed by atoms with Crippen LogP contribution in [0, 0.1) is 10.1 Å². The molecule has 0 aliphatic carbocycles. The quantitative estimate of drug-likeness (QED) is 0.476. The predicted molar refractivity (Wildman–Crippen MR) is 65.0 cm³/mol. The van der Waals surface area contributed by atoms with Gasteiger partial charge in [0.05, 0.1) is 4.92 Å². The lowest BCUT2D eigenvalue weighted by Gasteiger charge is -2.14. The summed E-state index contributed by atoms with van der Waals surface area (Å²) < 4.78 is 46.1. The molecule has 106 valence electrons. The lowest BCUT2D eigenvalue weighted by molar-refractivity contribution is -0.387. The SMILES string of the molecule is COP(=O)(NS(=O)(=O)c1ccccc1[N+](=O)[O-])OC. The number of sulfonamides is 1. The van der Waals surface area contributed by atoms with Gasteiger partial charge >= 0.3 is 7.75 Å². The summed E-state index contributed by atoms with van der Waals surface area (Å²) in [5.74, 6) is 0. The molecule has 11 heteroatoms. The first kappa shape index (κ1) is 15.7. The highest BCUT2D eigenvalue weighted by Gasteiger charge is 2.33. The Balaban J connectivity index is 3.30. The van der Waals surface area contributed by atoms with Gasteiger partial charge in [-0.15, -0.1) is 4.49 Å². The Morgan fingerprint density at radius 1 is 1.26 bits per heavy atom. The van der Waals surface area contributed by atoms with Crippen LogP contribution < -0.4 is 4.49 Å². The lowest BCUT2D eigenvalue weighted by atomic mass is 10.3. The summed E-state index contributed by atoms with van der Waals surface area (Å²) in [5.41, 5.74) is -0.645. The number of nitro benzene ring substituents is 1. The Morgan fingerprint density at radius 2 is 1.79 bits per heavy atom. The zero-order valence-corrected chi connectivity index (χ0v) is 11.7. The largest absolute Gasteiger partial charge is 0.418 e. The number of nitrogens with zero attached hydrogens (tertiary/aromatic N) is 1. The van der Waals surface area contributed by atoms with Gasteiger partial charge in [-0.1, -0.05) is 12.1 Å². The topological polar surface area (TPSA) is 125 Å². The van der Waals surface area contributed by atoms with Crippen LogP contribution >= 0.6 is 7.75 Å². The summed E-state index contributed by atoms with van der Waals surface area (Å²) in [5, 5.41) is 10.8. The van der Waals surface area contributed by atoms with Crippen molar-refractivity contribution in [1.82, 2.24) is 4.49 Å². The third-order valence-electron chi connectivity index (χ3n) is 2.06. The number of hydrogen-bond donors (Lipinski definition) is 1. The maximum atomic E-state index is 11.9. The Morgan fingerprint density at radius 3 is 2.26 bits per heavy atom. The molecule has 0 radical (unpaired) electrons. The Hall–Kier alpha value is -1.32. The minimum Gasteiger partial charge on any atom is -0.299 e. The molecule has 0 saturated heterocycles. The number of nitro groups is 1. The van der Waals surface area contributed by atoms with Crippen LogP contribution in [0.3, 0.4) is 0 Å². The molecule has 0 unspecified atom stereocenters. The van der Waals surface area contributed by atoms with E-state index >= 15 is 0 Å². The summed E-state index contributed by atoms with van der Waals surface area (Å²) in [6.07, 6.45) is 0. The van der Waals surface area contributed by atoms with Crippen molar-refractivity contribution >= 4 is 23.5 Å². The first-order valence-electron chi connectivity index (χ1n) is 4.75. The van der Waals surface area contributed by atoms with E-state index in [0.717, 1.165) is 26.4 Å². The molecule has 0 atom stereocenters. The molecule has 0 spiro atoms. The molecule has 1 aromatic rings. The molecular formula is C8H11N2O7PS. The van der Waals surface area contributed by atoms with Crippen LogP contribution in [-0.4, -0.2) is 27.6 Å². The van der Waals surface area contributed by atoms with E-state index in [9.17, 15) is 23.1 Å². The van der Waals surface area contributed by atoms with Crippen LogP contribution in [0.4, 0.5) is 5.69 Å². The monoisotopic (exact) mass is 310 g/mol. The fourth-order valence-electron chi connectivity index (χ4n) is 1.18. The minimum absolute atomic E-state index is 0.630. The van der Waals surface area contributed by atoms with E-state index < -0.39 is 33.3 Å². The fraction of sp³-hybridized carbons (Fsp3) is 0.250. The van der Waals surface area contributed by atoms with Gasteiger partial charge in [-0.05, 0) is 6.07 Å². The molecule has 1 rings (SSSR count). The second kappa shape index (κ2) is 5.76. The summed E-state index contributed by atoms with van der Waals surface area (Å²) in [4.78, 5) is 9.26. The van der Waals surface area contributed by atoms with E-state index in [-0.39, 0.29) is 0 Å². The molecule has 0 amide bonds. The summed E-state index contributed by atoms with van der Waals surface area (Å²) >= 11 is 0. The molecule has 0 heterocycles. The van der Waals surface area contributed by atoms with E-state index in [1.54, 1.807) is 4.49 Å². The normalized spacial score (nSPS) is 12.3. The summed E-state index contributed by atoms with van der Waals surface area (Å²) in [6.45, 7) is 0.